The lowest BCUT2D eigenvalue weighted by Crippen LogP contribution is -2.28. The number of fused-ring (bicyclic) bond motifs is 1. The summed E-state index contributed by atoms with van der Waals surface area (Å²) in [6.07, 6.45) is 0.889. The first-order chi connectivity index (χ1) is 10.2. The van der Waals surface area contributed by atoms with Gasteiger partial charge in [0.1, 0.15) is 5.69 Å². The molecule has 3 aromatic heterocycles. The molecule has 21 heavy (non-hydrogen) atoms. The molecule has 5 heteroatoms. The third-order valence-electron chi connectivity index (χ3n) is 3.45. The molecule has 0 radical (unpaired) electrons. The summed E-state index contributed by atoms with van der Waals surface area (Å²) >= 11 is 3.41. The van der Waals surface area contributed by atoms with Crippen LogP contribution in [0.2, 0.25) is 0 Å². The Morgan fingerprint density at radius 3 is 2.86 bits per heavy atom. The molecular weight excluding hydrogens is 300 g/mol. The highest BCUT2D eigenvalue weighted by atomic mass is 32.1. The average molecular weight is 318 g/mol. The van der Waals surface area contributed by atoms with Gasteiger partial charge in [0.25, 0.3) is 5.91 Å². The number of carbonyl (C=O) groups excluding carboxylic acids is 1. The number of nitrogens with zero attached hydrogens (tertiary/aromatic N) is 1. The van der Waals surface area contributed by atoms with Gasteiger partial charge >= 0.3 is 0 Å². The maximum atomic E-state index is 12.4. The molecule has 3 nitrogen and oxygen atoms in total. The van der Waals surface area contributed by atoms with Crippen molar-refractivity contribution in [3.63, 3.8) is 0 Å². The molecule has 0 aliphatic carbocycles. The van der Waals surface area contributed by atoms with E-state index in [4.69, 9.17) is 0 Å². The topological polar surface area (TPSA) is 34.0 Å². The zero-order valence-corrected chi connectivity index (χ0v) is 13.8. The monoisotopic (exact) mass is 318 g/mol. The molecule has 0 aliphatic rings. The summed E-state index contributed by atoms with van der Waals surface area (Å²) in [5.41, 5.74) is 1.91. The number of hydrogen-bond acceptors (Lipinski definition) is 3. The Hall–Kier alpha value is -1.59. The van der Waals surface area contributed by atoms with Crippen LogP contribution in [0.25, 0.3) is 10.2 Å². The van der Waals surface area contributed by atoms with Gasteiger partial charge < -0.3 is 9.88 Å². The van der Waals surface area contributed by atoms with E-state index in [2.05, 4.69) is 46.6 Å². The SMILES string of the molecule is CC(C)n1c(C(=O)NCCc2cccs2)cc2sccc21. The molecule has 3 aromatic rings. The van der Waals surface area contributed by atoms with Crippen LogP contribution in [-0.2, 0) is 6.42 Å². The van der Waals surface area contributed by atoms with Gasteiger partial charge in [0.2, 0.25) is 0 Å². The van der Waals surface area contributed by atoms with E-state index in [-0.39, 0.29) is 11.9 Å². The van der Waals surface area contributed by atoms with E-state index < -0.39 is 0 Å². The first kappa shape index (κ1) is 14.4. The normalized spacial score (nSPS) is 11.4. The Bertz CT molecular complexity index is 738. The molecular formula is C16H18N2OS2. The first-order valence-corrected chi connectivity index (χ1v) is 8.82. The zero-order valence-electron chi connectivity index (χ0n) is 12.1. The van der Waals surface area contributed by atoms with Crippen molar-refractivity contribution in [1.29, 1.82) is 0 Å². The van der Waals surface area contributed by atoms with Crippen LogP contribution in [0.5, 0.6) is 0 Å². The summed E-state index contributed by atoms with van der Waals surface area (Å²) in [7, 11) is 0. The van der Waals surface area contributed by atoms with Crippen molar-refractivity contribution in [2.75, 3.05) is 6.54 Å². The van der Waals surface area contributed by atoms with Crippen LogP contribution in [0, 0.1) is 0 Å². The quantitative estimate of drug-likeness (QED) is 0.747. The summed E-state index contributed by atoms with van der Waals surface area (Å²) in [5, 5.41) is 7.17. The minimum Gasteiger partial charge on any atom is -0.350 e. The van der Waals surface area contributed by atoms with Gasteiger partial charge in [0.05, 0.1) is 10.2 Å². The molecule has 0 unspecified atom stereocenters. The van der Waals surface area contributed by atoms with Gasteiger partial charge in [-0.2, -0.15) is 0 Å². The Balaban J connectivity index is 1.74. The molecule has 3 rings (SSSR count). The number of rotatable bonds is 5. The molecule has 0 bridgehead atoms. The number of thiophene rings is 2. The Morgan fingerprint density at radius 2 is 2.14 bits per heavy atom. The van der Waals surface area contributed by atoms with Crippen molar-refractivity contribution in [3.8, 4) is 0 Å². The molecule has 0 spiro atoms. The van der Waals surface area contributed by atoms with E-state index in [1.807, 2.05) is 12.1 Å². The van der Waals surface area contributed by atoms with Crippen molar-refractivity contribution in [2.24, 2.45) is 0 Å². The van der Waals surface area contributed by atoms with Crippen LogP contribution >= 0.6 is 22.7 Å². The van der Waals surface area contributed by atoms with Gasteiger partial charge in [-0.05, 0) is 49.2 Å². The van der Waals surface area contributed by atoms with Crippen molar-refractivity contribution >= 4 is 38.8 Å². The van der Waals surface area contributed by atoms with Crippen LogP contribution in [0.15, 0.2) is 35.0 Å². The Labute approximate surface area is 132 Å². The third kappa shape index (κ3) is 2.89. The lowest BCUT2D eigenvalue weighted by Gasteiger charge is -2.14. The molecule has 110 valence electrons. The van der Waals surface area contributed by atoms with Crippen LogP contribution in [0.1, 0.15) is 35.3 Å². The Morgan fingerprint density at radius 1 is 1.29 bits per heavy atom. The number of amides is 1. The molecule has 0 aliphatic heterocycles. The van der Waals surface area contributed by atoms with E-state index in [0.29, 0.717) is 6.54 Å². The van der Waals surface area contributed by atoms with E-state index in [9.17, 15) is 4.79 Å². The van der Waals surface area contributed by atoms with E-state index in [1.165, 1.54) is 9.58 Å². The van der Waals surface area contributed by atoms with Gasteiger partial charge in [-0.25, -0.2) is 0 Å². The van der Waals surface area contributed by atoms with Gasteiger partial charge in [-0.3, -0.25) is 4.79 Å². The van der Waals surface area contributed by atoms with Crippen molar-refractivity contribution < 1.29 is 4.79 Å². The van der Waals surface area contributed by atoms with Gasteiger partial charge in [0, 0.05) is 17.5 Å². The van der Waals surface area contributed by atoms with E-state index in [0.717, 1.165) is 17.6 Å². The summed E-state index contributed by atoms with van der Waals surface area (Å²) in [4.78, 5) is 13.7. The van der Waals surface area contributed by atoms with E-state index in [1.54, 1.807) is 22.7 Å². The summed E-state index contributed by atoms with van der Waals surface area (Å²) in [6, 6.07) is 8.50. The minimum absolute atomic E-state index is 0.0173. The second-order valence-electron chi connectivity index (χ2n) is 5.25. The lowest BCUT2D eigenvalue weighted by atomic mass is 10.3. The fraction of sp³-hybridized carbons (Fsp3) is 0.312. The second-order valence-corrected chi connectivity index (χ2v) is 7.23. The predicted octanol–water partition coefficient (Wildman–Crippen LogP) is 4.32. The number of hydrogen-bond donors (Lipinski definition) is 1. The zero-order chi connectivity index (χ0) is 14.8. The average Bonchev–Trinajstić information content (AvgIpc) is 3.13. The van der Waals surface area contributed by atoms with Crippen LogP contribution in [0.3, 0.4) is 0 Å². The summed E-state index contributed by atoms with van der Waals surface area (Å²) in [5.74, 6) is 0.0173. The maximum Gasteiger partial charge on any atom is 0.267 e. The molecule has 1 N–H and O–H groups in total. The lowest BCUT2D eigenvalue weighted by molar-refractivity contribution is 0.0944. The van der Waals surface area contributed by atoms with Gasteiger partial charge in [-0.15, -0.1) is 22.7 Å². The Kier molecular flexibility index (Phi) is 4.12. The van der Waals surface area contributed by atoms with Crippen LogP contribution < -0.4 is 5.32 Å². The number of carbonyl (C=O) groups is 1. The highest BCUT2D eigenvalue weighted by Gasteiger charge is 2.17. The van der Waals surface area contributed by atoms with Crippen LogP contribution in [0.4, 0.5) is 0 Å². The standard InChI is InChI=1S/C16H18N2OS2/c1-11(2)18-13-6-9-21-15(13)10-14(18)16(19)17-7-5-12-4-3-8-20-12/h3-4,6,8-11H,5,7H2,1-2H3,(H,17,19). The fourth-order valence-corrected chi connectivity index (χ4v) is 4.04. The third-order valence-corrected chi connectivity index (χ3v) is 5.24. The van der Waals surface area contributed by atoms with Crippen molar-refractivity contribution in [1.82, 2.24) is 9.88 Å². The molecule has 0 saturated carbocycles. The van der Waals surface area contributed by atoms with Crippen molar-refractivity contribution in [3.05, 3.63) is 45.6 Å². The van der Waals surface area contributed by atoms with Gasteiger partial charge in [-0.1, -0.05) is 6.07 Å². The largest absolute Gasteiger partial charge is 0.350 e. The highest BCUT2D eigenvalue weighted by molar-refractivity contribution is 7.17. The van der Waals surface area contributed by atoms with Crippen LogP contribution in [-0.4, -0.2) is 17.0 Å². The predicted molar refractivity (Wildman–Crippen MR) is 90.6 cm³/mol. The van der Waals surface area contributed by atoms with Gasteiger partial charge in [0.15, 0.2) is 0 Å². The second kappa shape index (κ2) is 6.03. The van der Waals surface area contributed by atoms with E-state index >= 15 is 0 Å². The number of nitrogens with one attached hydrogen (secondary N) is 1. The fourth-order valence-electron chi connectivity index (χ4n) is 2.52. The highest BCUT2D eigenvalue weighted by Crippen LogP contribution is 2.28. The smallest absolute Gasteiger partial charge is 0.267 e. The molecule has 0 fully saturated rings. The first-order valence-electron chi connectivity index (χ1n) is 7.06. The van der Waals surface area contributed by atoms with Crippen molar-refractivity contribution in [2.45, 2.75) is 26.3 Å². The molecule has 0 aromatic carbocycles. The maximum absolute atomic E-state index is 12.4. The number of aromatic nitrogens is 1. The molecule has 3 heterocycles. The molecule has 1 amide bonds. The summed E-state index contributed by atoms with van der Waals surface area (Å²) < 4.78 is 3.29. The molecule has 0 saturated heterocycles. The summed E-state index contributed by atoms with van der Waals surface area (Å²) in [6.45, 7) is 4.90. The molecule has 0 atom stereocenters. The minimum atomic E-state index is 0.0173.